The van der Waals surface area contributed by atoms with E-state index < -0.39 is 34.7 Å². The van der Waals surface area contributed by atoms with Gasteiger partial charge in [-0.15, -0.1) is 0 Å². The van der Waals surface area contributed by atoms with E-state index >= 15 is 0 Å². The number of esters is 2. The Bertz CT molecular complexity index is 1400. The van der Waals surface area contributed by atoms with E-state index in [1.807, 2.05) is 6.92 Å². The van der Waals surface area contributed by atoms with Gasteiger partial charge in [0.15, 0.2) is 11.5 Å². The van der Waals surface area contributed by atoms with Crippen LogP contribution in [0.25, 0.3) is 5.76 Å². The van der Waals surface area contributed by atoms with Gasteiger partial charge in [-0.05, 0) is 62.3 Å². The number of furan rings is 2. The molecular weight excluding hydrogens is 504 g/mol. The first-order valence-corrected chi connectivity index (χ1v) is 13.6. The Morgan fingerprint density at radius 3 is 2.51 bits per heavy atom. The topological polar surface area (TPSA) is 121 Å². The fourth-order valence-electron chi connectivity index (χ4n) is 7.97. The van der Waals surface area contributed by atoms with Crippen molar-refractivity contribution >= 4 is 17.7 Å². The molecule has 0 amide bonds. The summed E-state index contributed by atoms with van der Waals surface area (Å²) >= 11 is 0. The number of rotatable bonds is 4. The van der Waals surface area contributed by atoms with Crippen molar-refractivity contribution in [1.82, 2.24) is 0 Å². The van der Waals surface area contributed by atoms with Crippen LogP contribution in [0, 0.1) is 23.2 Å². The van der Waals surface area contributed by atoms with Crippen LogP contribution >= 0.6 is 0 Å². The maximum absolute atomic E-state index is 13.2. The Balaban J connectivity index is 1.33. The Morgan fingerprint density at radius 1 is 1.13 bits per heavy atom. The van der Waals surface area contributed by atoms with E-state index in [4.69, 9.17) is 27.8 Å². The van der Waals surface area contributed by atoms with Crippen LogP contribution in [0.3, 0.4) is 0 Å². The van der Waals surface area contributed by atoms with E-state index in [2.05, 4.69) is 20.8 Å². The van der Waals surface area contributed by atoms with E-state index in [0.29, 0.717) is 24.0 Å². The summed E-state index contributed by atoms with van der Waals surface area (Å²) in [6.45, 7) is 8.65. The first-order valence-electron chi connectivity index (χ1n) is 13.6. The van der Waals surface area contributed by atoms with Gasteiger partial charge in [0.2, 0.25) is 11.5 Å². The number of carbonyl (C=O) groups excluding carboxylic acids is 2. The number of cyclic esters (lactones) is 1. The minimum Gasteiger partial charge on any atom is -0.461 e. The van der Waals surface area contributed by atoms with E-state index in [9.17, 15) is 14.7 Å². The second-order valence-corrected chi connectivity index (χ2v) is 12.1. The molecule has 9 nitrogen and oxygen atoms in total. The molecule has 5 aliphatic rings. The Morgan fingerprint density at radius 2 is 1.85 bits per heavy atom. The van der Waals surface area contributed by atoms with Crippen molar-refractivity contribution in [2.24, 2.45) is 23.2 Å². The maximum Gasteiger partial charge on any atom is 0.379 e. The number of fused-ring (bicyclic) bond motifs is 2. The number of epoxide rings is 1. The van der Waals surface area contributed by atoms with Crippen LogP contribution in [-0.4, -0.2) is 47.1 Å². The number of aliphatic hydroxyl groups is 1. The van der Waals surface area contributed by atoms with Crippen LogP contribution in [0.2, 0.25) is 0 Å². The third kappa shape index (κ3) is 3.12. The first kappa shape index (κ1) is 24.9. The Labute approximate surface area is 225 Å². The molecule has 5 heterocycles. The number of aliphatic hydroxyl groups excluding tert-OH is 1. The van der Waals surface area contributed by atoms with E-state index in [0.717, 1.165) is 6.42 Å². The smallest absolute Gasteiger partial charge is 0.379 e. The minimum atomic E-state index is -0.892. The zero-order valence-corrected chi connectivity index (χ0v) is 22.4. The van der Waals surface area contributed by atoms with Crippen molar-refractivity contribution in [3.05, 3.63) is 65.2 Å². The molecule has 206 valence electrons. The van der Waals surface area contributed by atoms with Crippen LogP contribution in [-0.2, 0) is 23.7 Å². The average molecular weight is 537 g/mol. The molecule has 0 bridgehead atoms. The normalized spacial score (nSPS) is 39.9. The Hall–Kier alpha value is -3.14. The zero-order chi connectivity index (χ0) is 27.3. The third-order valence-electron chi connectivity index (χ3n) is 10.1. The van der Waals surface area contributed by atoms with Gasteiger partial charge < -0.3 is 32.9 Å². The van der Waals surface area contributed by atoms with Gasteiger partial charge in [-0.1, -0.05) is 20.8 Å². The maximum atomic E-state index is 13.2. The van der Waals surface area contributed by atoms with Crippen LogP contribution < -0.4 is 0 Å². The van der Waals surface area contributed by atoms with Crippen molar-refractivity contribution in [3.63, 3.8) is 0 Å². The molecule has 1 spiro atoms. The molecule has 0 radical (unpaired) electrons. The molecule has 1 saturated carbocycles. The van der Waals surface area contributed by atoms with E-state index in [1.165, 1.54) is 18.6 Å². The molecule has 39 heavy (non-hydrogen) atoms. The molecule has 7 rings (SSSR count). The highest BCUT2D eigenvalue weighted by Gasteiger charge is 2.84. The summed E-state index contributed by atoms with van der Waals surface area (Å²) in [6.07, 6.45) is 3.99. The van der Waals surface area contributed by atoms with Gasteiger partial charge in [-0.3, -0.25) is 0 Å². The summed E-state index contributed by atoms with van der Waals surface area (Å²) in [5.74, 6) is -0.756. The third-order valence-corrected chi connectivity index (χ3v) is 10.1. The number of hydrogen-bond acceptors (Lipinski definition) is 9. The molecule has 1 N–H and O–H groups in total. The summed E-state index contributed by atoms with van der Waals surface area (Å²) in [6, 6.07) is 6.39. The average Bonchev–Trinajstić information content (AvgIpc) is 3.32. The standard InChI is InChI=1S/C30H32O9/c1-15(2)17-13-21-30(39-21)28(3)10-9-16-22(18(28)14-36-29(30,4)25(17)31)24(38-26(16)32)23(19-7-5-11-34-19)37-27(33)20-8-6-12-35-20/h5-8,11-12,15,17-18,21,25,31H,9-10,13-14H2,1-4H3/b24-23+. The lowest BCUT2D eigenvalue weighted by molar-refractivity contribution is -0.255. The molecule has 2 aliphatic carbocycles. The summed E-state index contributed by atoms with van der Waals surface area (Å²) in [7, 11) is 0. The van der Waals surface area contributed by atoms with Crippen LogP contribution in [0.1, 0.15) is 63.3 Å². The molecule has 2 aromatic heterocycles. The molecule has 2 aromatic rings. The summed E-state index contributed by atoms with van der Waals surface area (Å²) in [4.78, 5) is 26.1. The number of ether oxygens (including phenoxy) is 4. The highest BCUT2D eigenvalue weighted by atomic mass is 16.7. The van der Waals surface area contributed by atoms with Gasteiger partial charge >= 0.3 is 11.9 Å². The van der Waals surface area contributed by atoms with Crippen LogP contribution in [0.5, 0.6) is 0 Å². The number of allylic oxidation sites excluding steroid dienone is 1. The predicted octanol–water partition coefficient (Wildman–Crippen LogP) is 4.63. The summed E-state index contributed by atoms with van der Waals surface area (Å²) in [5, 5.41) is 11.6. The quantitative estimate of drug-likeness (QED) is 0.339. The number of carbonyl (C=O) groups is 2. The lowest BCUT2D eigenvalue weighted by Crippen LogP contribution is -2.72. The SMILES string of the molecule is CC(C)C1CC2OC23C2(C)CCC4=C(/C(=C(\OC(=O)c5ccco5)c5ccco5)OC4=O)C2COC3(C)C1O. The van der Waals surface area contributed by atoms with E-state index in [-0.39, 0.29) is 53.5 Å². The summed E-state index contributed by atoms with van der Waals surface area (Å²) < 4.78 is 35.6. The monoisotopic (exact) mass is 536 g/mol. The Kier molecular flexibility index (Phi) is 5.22. The van der Waals surface area contributed by atoms with Crippen molar-refractivity contribution in [2.75, 3.05) is 6.61 Å². The lowest BCUT2D eigenvalue weighted by atomic mass is 9.49. The molecule has 2 saturated heterocycles. The molecule has 3 fully saturated rings. The van der Waals surface area contributed by atoms with Crippen molar-refractivity contribution in [1.29, 1.82) is 0 Å². The highest BCUT2D eigenvalue weighted by molar-refractivity contribution is 5.98. The van der Waals surface area contributed by atoms with Gasteiger partial charge in [0.05, 0.1) is 31.3 Å². The number of hydrogen-bond donors (Lipinski definition) is 1. The van der Waals surface area contributed by atoms with Gasteiger partial charge in [0.25, 0.3) is 0 Å². The second kappa shape index (κ2) is 8.19. The van der Waals surface area contributed by atoms with Gasteiger partial charge in [0.1, 0.15) is 11.2 Å². The van der Waals surface area contributed by atoms with Gasteiger partial charge in [-0.2, -0.15) is 0 Å². The molecular formula is C30H32O9. The fraction of sp³-hybridized carbons (Fsp3) is 0.533. The van der Waals surface area contributed by atoms with Crippen molar-refractivity contribution in [3.8, 4) is 0 Å². The molecule has 7 atom stereocenters. The minimum absolute atomic E-state index is 0.00616. The predicted molar refractivity (Wildman–Crippen MR) is 135 cm³/mol. The molecule has 3 aliphatic heterocycles. The molecule has 0 aromatic carbocycles. The first-order chi connectivity index (χ1) is 18.6. The van der Waals surface area contributed by atoms with E-state index in [1.54, 1.807) is 18.2 Å². The van der Waals surface area contributed by atoms with Crippen LogP contribution in [0.4, 0.5) is 0 Å². The van der Waals surface area contributed by atoms with Gasteiger partial charge in [-0.25, -0.2) is 9.59 Å². The highest BCUT2D eigenvalue weighted by Crippen LogP contribution is 2.73. The lowest BCUT2D eigenvalue weighted by Gasteiger charge is -2.60. The van der Waals surface area contributed by atoms with Gasteiger partial charge in [0, 0.05) is 22.5 Å². The fourth-order valence-corrected chi connectivity index (χ4v) is 7.97. The zero-order valence-electron chi connectivity index (χ0n) is 22.4. The largest absolute Gasteiger partial charge is 0.461 e. The molecule has 7 unspecified atom stereocenters. The van der Waals surface area contributed by atoms with Crippen molar-refractivity contribution in [2.45, 2.75) is 70.4 Å². The summed E-state index contributed by atoms with van der Waals surface area (Å²) in [5.41, 5.74) is -0.873. The van der Waals surface area contributed by atoms with Crippen LogP contribution in [0.15, 0.2) is 62.5 Å². The second-order valence-electron chi connectivity index (χ2n) is 12.1. The van der Waals surface area contributed by atoms with Crippen molar-refractivity contribution < 1.29 is 42.5 Å². The molecule has 9 heteroatoms.